The predicted molar refractivity (Wildman–Crippen MR) is 115 cm³/mol. The summed E-state index contributed by atoms with van der Waals surface area (Å²) in [5, 5.41) is 0. The second-order valence-electron chi connectivity index (χ2n) is 7.95. The third kappa shape index (κ3) is 5.41. The highest BCUT2D eigenvalue weighted by molar-refractivity contribution is 5.39. The molecule has 0 amide bonds. The highest BCUT2D eigenvalue weighted by atomic mass is 16.6. The summed E-state index contributed by atoms with van der Waals surface area (Å²) in [6.45, 7) is 2.91. The van der Waals surface area contributed by atoms with Crippen LogP contribution in [0.4, 0.5) is 0 Å². The molecule has 0 spiro atoms. The molecule has 0 saturated carbocycles. The number of ether oxygens (including phenoxy) is 4. The van der Waals surface area contributed by atoms with Gasteiger partial charge in [-0.15, -0.1) is 0 Å². The molecule has 2 saturated heterocycles. The number of hydrogen-bond donors (Lipinski definition) is 0. The van der Waals surface area contributed by atoms with Gasteiger partial charge in [-0.1, -0.05) is 54.6 Å². The summed E-state index contributed by atoms with van der Waals surface area (Å²) in [5.41, 5.74) is 5.06. The minimum absolute atomic E-state index is 0.269. The third-order valence-corrected chi connectivity index (χ3v) is 5.39. The zero-order chi connectivity index (χ0) is 20.2. The first-order valence-corrected chi connectivity index (χ1v) is 10.6. The van der Waals surface area contributed by atoms with Gasteiger partial charge in [-0.05, 0) is 46.9 Å². The van der Waals surface area contributed by atoms with Gasteiger partial charge in [0, 0.05) is 6.42 Å². The fourth-order valence-corrected chi connectivity index (χ4v) is 3.43. The molecule has 2 aliphatic rings. The molecule has 0 radical (unpaired) electrons. The van der Waals surface area contributed by atoms with Gasteiger partial charge in [-0.25, -0.2) is 0 Å². The Labute approximate surface area is 177 Å². The van der Waals surface area contributed by atoms with Crippen molar-refractivity contribution in [2.24, 2.45) is 0 Å². The van der Waals surface area contributed by atoms with Gasteiger partial charge in [0.2, 0.25) is 0 Å². The lowest BCUT2D eigenvalue weighted by molar-refractivity contribution is 0.261. The average Bonchev–Trinajstić information content (AvgIpc) is 3.69. The van der Waals surface area contributed by atoms with Crippen molar-refractivity contribution in [3.8, 4) is 11.5 Å². The summed E-state index contributed by atoms with van der Waals surface area (Å²) >= 11 is 0. The smallest absolute Gasteiger partial charge is 0.122 e. The summed E-state index contributed by atoms with van der Waals surface area (Å²) in [6.07, 6.45) is 2.32. The molecule has 0 bridgehead atoms. The van der Waals surface area contributed by atoms with E-state index in [1.807, 2.05) is 24.3 Å². The van der Waals surface area contributed by atoms with Crippen LogP contribution in [0, 0.1) is 0 Å². The van der Waals surface area contributed by atoms with E-state index in [1.165, 1.54) is 22.3 Å². The van der Waals surface area contributed by atoms with E-state index in [9.17, 15) is 0 Å². The van der Waals surface area contributed by atoms with Crippen LogP contribution < -0.4 is 9.47 Å². The molecule has 3 aromatic carbocycles. The van der Waals surface area contributed by atoms with Crippen LogP contribution in [-0.4, -0.2) is 38.6 Å². The van der Waals surface area contributed by atoms with Gasteiger partial charge in [-0.2, -0.15) is 0 Å². The van der Waals surface area contributed by atoms with Crippen LogP contribution in [-0.2, 0) is 22.3 Å². The van der Waals surface area contributed by atoms with E-state index in [2.05, 4.69) is 48.5 Å². The minimum Gasteiger partial charge on any atom is -0.491 e. The van der Waals surface area contributed by atoms with E-state index in [0.717, 1.165) is 37.6 Å². The topological polar surface area (TPSA) is 43.5 Å². The average molecular weight is 402 g/mol. The van der Waals surface area contributed by atoms with Crippen molar-refractivity contribution >= 4 is 0 Å². The van der Waals surface area contributed by atoms with E-state index in [1.54, 1.807) is 0 Å². The van der Waals surface area contributed by atoms with E-state index < -0.39 is 0 Å². The largest absolute Gasteiger partial charge is 0.491 e. The van der Waals surface area contributed by atoms with Gasteiger partial charge < -0.3 is 18.9 Å². The first-order valence-electron chi connectivity index (χ1n) is 10.6. The molecule has 2 heterocycles. The molecule has 30 heavy (non-hydrogen) atoms. The molecule has 5 rings (SSSR count). The van der Waals surface area contributed by atoms with Gasteiger partial charge >= 0.3 is 0 Å². The molecule has 2 atom stereocenters. The maximum Gasteiger partial charge on any atom is 0.122 e. The minimum atomic E-state index is 0.269. The Morgan fingerprint density at radius 2 is 1.17 bits per heavy atom. The first kappa shape index (κ1) is 19.2. The predicted octanol–water partition coefficient (Wildman–Crippen LogP) is 4.42. The molecular weight excluding hydrogens is 376 g/mol. The molecular formula is C26H26O4. The number of epoxide rings is 2. The summed E-state index contributed by atoms with van der Waals surface area (Å²) in [5.74, 6) is 1.85. The van der Waals surface area contributed by atoms with Crippen molar-refractivity contribution in [3.05, 3.63) is 95.1 Å². The lowest BCUT2D eigenvalue weighted by Gasteiger charge is -2.11. The van der Waals surface area contributed by atoms with Crippen molar-refractivity contribution < 1.29 is 18.9 Å². The molecule has 4 nitrogen and oxygen atoms in total. The Hall–Kier alpha value is -2.82. The lowest BCUT2D eigenvalue weighted by Crippen LogP contribution is -2.06. The Morgan fingerprint density at radius 3 is 1.80 bits per heavy atom. The van der Waals surface area contributed by atoms with E-state index in [-0.39, 0.29) is 12.2 Å². The second-order valence-corrected chi connectivity index (χ2v) is 7.95. The van der Waals surface area contributed by atoms with Crippen LogP contribution >= 0.6 is 0 Å². The van der Waals surface area contributed by atoms with E-state index in [0.29, 0.717) is 13.2 Å². The molecule has 4 heteroatoms. The standard InChI is InChI=1S/C26H26O4/c1-2-4-26(30-18-25-17-29-25)22(3-1)14-21-7-5-19(6-8-21)13-20-9-11-23(12-10-20)27-15-24-16-28-24/h1-12,24-25H,13-18H2. The van der Waals surface area contributed by atoms with Crippen LogP contribution in [0.2, 0.25) is 0 Å². The van der Waals surface area contributed by atoms with Crippen molar-refractivity contribution in [1.82, 2.24) is 0 Å². The van der Waals surface area contributed by atoms with E-state index in [4.69, 9.17) is 18.9 Å². The maximum absolute atomic E-state index is 5.94. The Balaban J connectivity index is 1.17. The number of rotatable bonds is 10. The van der Waals surface area contributed by atoms with Crippen LogP contribution in [0.3, 0.4) is 0 Å². The Bertz CT molecular complexity index is 957. The summed E-state index contributed by atoms with van der Waals surface area (Å²) in [7, 11) is 0. The SMILES string of the molecule is c1ccc(OCC2CO2)c(Cc2ccc(Cc3ccc(OCC4CO4)cc3)cc2)c1. The van der Waals surface area contributed by atoms with E-state index >= 15 is 0 Å². The third-order valence-electron chi connectivity index (χ3n) is 5.39. The normalized spacial score (nSPS) is 19.3. The zero-order valence-corrected chi connectivity index (χ0v) is 17.0. The van der Waals surface area contributed by atoms with Gasteiger partial charge in [0.15, 0.2) is 0 Å². The van der Waals surface area contributed by atoms with Gasteiger partial charge in [0.25, 0.3) is 0 Å². The highest BCUT2D eigenvalue weighted by Crippen LogP contribution is 2.24. The molecule has 2 fully saturated rings. The fraction of sp³-hybridized carbons (Fsp3) is 0.308. The second kappa shape index (κ2) is 8.90. The maximum atomic E-state index is 5.94. The van der Waals surface area contributed by atoms with Crippen molar-refractivity contribution in [2.45, 2.75) is 25.0 Å². The van der Waals surface area contributed by atoms with Crippen LogP contribution in [0.15, 0.2) is 72.8 Å². The summed E-state index contributed by atoms with van der Waals surface area (Å²) < 4.78 is 22.1. The van der Waals surface area contributed by atoms with Crippen LogP contribution in [0.5, 0.6) is 11.5 Å². The number of hydrogen-bond acceptors (Lipinski definition) is 4. The molecule has 0 aliphatic carbocycles. The quantitative estimate of drug-likeness (QED) is 0.471. The molecule has 2 aliphatic heterocycles. The van der Waals surface area contributed by atoms with Crippen molar-refractivity contribution in [2.75, 3.05) is 26.4 Å². The Morgan fingerprint density at radius 1 is 0.633 bits per heavy atom. The number of para-hydroxylation sites is 1. The van der Waals surface area contributed by atoms with Crippen molar-refractivity contribution in [1.29, 1.82) is 0 Å². The summed E-state index contributed by atoms with van der Waals surface area (Å²) in [4.78, 5) is 0. The van der Waals surface area contributed by atoms with Crippen LogP contribution in [0.25, 0.3) is 0 Å². The molecule has 2 unspecified atom stereocenters. The van der Waals surface area contributed by atoms with Crippen molar-refractivity contribution in [3.63, 3.8) is 0 Å². The molecule has 154 valence electrons. The molecule has 3 aromatic rings. The fourth-order valence-electron chi connectivity index (χ4n) is 3.43. The zero-order valence-electron chi connectivity index (χ0n) is 17.0. The van der Waals surface area contributed by atoms with Gasteiger partial charge in [0.1, 0.15) is 36.9 Å². The number of benzene rings is 3. The molecule has 0 N–H and O–H groups in total. The van der Waals surface area contributed by atoms with Gasteiger partial charge in [-0.3, -0.25) is 0 Å². The first-order chi connectivity index (χ1) is 14.8. The lowest BCUT2D eigenvalue weighted by atomic mass is 10.00. The monoisotopic (exact) mass is 402 g/mol. The highest BCUT2D eigenvalue weighted by Gasteiger charge is 2.23. The summed E-state index contributed by atoms with van der Waals surface area (Å²) in [6, 6.07) is 25.5. The van der Waals surface area contributed by atoms with Crippen LogP contribution in [0.1, 0.15) is 22.3 Å². The molecule has 0 aromatic heterocycles. The Kier molecular flexibility index (Phi) is 5.69. The van der Waals surface area contributed by atoms with Gasteiger partial charge in [0.05, 0.1) is 13.2 Å².